The second-order valence-electron chi connectivity index (χ2n) is 5.00. The van der Waals surface area contributed by atoms with E-state index in [0.29, 0.717) is 11.5 Å². The van der Waals surface area contributed by atoms with Gasteiger partial charge in [0.2, 0.25) is 0 Å². The van der Waals surface area contributed by atoms with Gasteiger partial charge in [0, 0.05) is 10.9 Å². The molecule has 0 radical (unpaired) electrons. The van der Waals surface area contributed by atoms with Gasteiger partial charge >= 0.3 is 6.18 Å². The molecule has 0 aliphatic rings. The molecule has 3 aromatic rings. The summed E-state index contributed by atoms with van der Waals surface area (Å²) in [5, 5.41) is 6.28. The molecule has 1 N–H and O–H groups in total. The van der Waals surface area contributed by atoms with Crippen LogP contribution in [0.2, 0.25) is 0 Å². The van der Waals surface area contributed by atoms with Crippen LogP contribution < -0.4 is 5.32 Å². The van der Waals surface area contributed by atoms with Gasteiger partial charge in [0.1, 0.15) is 11.5 Å². The molecule has 0 aliphatic heterocycles. The number of benzene rings is 1. The number of carbonyl (C=O) groups excluding carboxylic acids is 1. The van der Waals surface area contributed by atoms with Gasteiger partial charge in [-0.25, -0.2) is 0 Å². The molecule has 2 heterocycles. The van der Waals surface area contributed by atoms with Crippen molar-refractivity contribution in [3.8, 4) is 11.3 Å². The number of carbonyl (C=O) groups is 1. The van der Waals surface area contributed by atoms with Gasteiger partial charge in [-0.2, -0.15) is 24.5 Å². The topological polar surface area (TPSA) is 42.2 Å². The van der Waals surface area contributed by atoms with Gasteiger partial charge in [0.05, 0.1) is 17.7 Å². The predicted molar refractivity (Wildman–Crippen MR) is 84.6 cm³/mol. The minimum Gasteiger partial charge on any atom is -0.459 e. The van der Waals surface area contributed by atoms with Gasteiger partial charge < -0.3 is 9.73 Å². The first-order valence-corrected chi connectivity index (χ1v) is 7.95. The highest BCUT2D eigenvalue weighted by molar-refractivity contribution is 7.08. The molecule has 0 saturated carbocycles. The fourth-order valence-corrected chi connectivity index (χ4v) is 2.87. The zero-order chi connectivity index (χ0) is 17.2. The summed E-state index contributed by atoms with van der Waals surface area (Å²) in [6.07, 6.45) is -4.58. The Bertz CT molecular complexity index is 838. The van der Waals surface area contributed by atoms with Crippen molar-refractivity contribution in [3.05, 3.63) is 70.1 Å². The van der Waals surface area contributed by atoms with E-state index >= 15 is 0 Å². The fourth-order valence-electron chi connectivity index (χ4n) is 2.22. The van der Waals surface area contributed by atoms with E-state index in [2.05, 4.69) is 5.32 Å². The number of halogens is 3. The quantitative estimate of drug-likeness (QED) is 0.722. The smallest absolute Gasteiger partial charge is 0.417 e. The maximum atomic E-state index is 12.9. The van der Waals surface area contributed by atoms with Crippen LogP contribution in [-0.4, -0.2) is 5.91 Å². The molecule has 1 amide bonds. The normalized spacial score (nSPS) is 11.5. The van der Waals surface area contributed by atoms with Gasteiger partial charge in [-0.3, -0.25) is 4.79 Å². The van der Waals surface area contributed by atoms with Crippen LogP contribution >= 0.6 is 11.3 Å². The third kappa shape index (κ3) is 3.51. The van der Waals surface area contributed by atoms with E-state index in [1.54, 1.807) is 12.1 Å². The molecular formula is C17H12F3NO2S. The Morgan fingerprint density at radius 3 is 2.62 bits per heavy atom. The Labute approximate surface area is 139 Å². The minimum absolute atomic E-state index is 0.00909. The molecule has 2 aromatic heterocycles. The highest BCUT2D eigenvalue weighted by Gasteiger charge is 2.34. The van der Waals surface area contributed by atoms with E-state index in [-0.39, 0.29) is 6.54 Å². The highest BCUT2D eigenvalue weighted by Crippen LogP contribution is 2.31. The van der Waals surface area contributed by atoms with Crippen LogP contribution in [0.5, 0.6) is 0 Å². The lowest BCUT2D eigenvalue weighted by atomic mass is 10.1. The molecule has 0 spiro atoms. The monoisotopic (exact) mass is 351 g/mol. The molecular weight excluding hydrogens is 339 g/mol. The molecule has 0 unspecified atom stereocenters. The Kier molecular flexibility index (Phi) is 4.44. The Morgan fingerprint density at radius 1 is 1.12 bits per heavy atom. The summed E-state index contributed by atoms with van der Waals surface area (Å²) in [6, 6.07) is 10.0. The first-order valence-electron chi connectivity index (χ1n) is 7.01. The first-order chi connectivity index (χ1) is 11.4. The first kappa shape index (κ1) is 16.3. The third-order valence-corrected chi connectivity index (χ3v) is 4.05. The fraction of sp³-hybridized carbons (Fsp3) is 0.118. The van der Waals surface area contributed by atoms with Crippen LogP contribution in [0.3, 0.4) is 0 Å². The summed E-state index contributed by atoms with van der Waals surface area (Å²) in [7, 11) is 0. The molecule has 7 heteroatoms. The van der Waals surface area contributed by atoms with Crippen LogP contribution in [-0.2, 0) is 12.7 Å². The molecule has 0 bridgehead atoms. The SMILES string of the molecule is O=C(NCc1ccc(-c2ccsc2)o1)c1ccccc1C(F)(F)F. The van der Waals surface area contributed by atoms with Crippen molar-refractivity contribution in [1.29, 1.82) is 0 Å². The molecule has 0 saturated heterocycles. The summed E-state index contributed by atoms with van der Waals surface area (Å²) < 4.78 is 44.4. The number of amides is 1. The zero-order valence-corrected chi connectivity index (χ0v) is 13.1. The van der Waals surface area contributed by atoms with E-state index in [1.165, 1.54) is 23.5 Å². The van der Waals surface area contributed by atoms with E-state index in [1.807, 2.05) is 16.8 Å². The van der Waals surface area contributed by atoms with Gasteiger partial charge in [0.15, 0.2) is 0 Å². The summed E-state index contributed by atoms with van der Waals surface area (Å²) in [5.74, 6) is 0.321. The summed E-state index contributed by atoms with van der Waals surface area (Å²) in [4.78, 5) is 12.1. The van der Waals surface area contributed by atoms with Crippen molar-refractivity contribution in [2.24, 2.45) is 0 Å². The summed E-state index contributed by atoms with van der Waals surface area (Å²) >= 11 is 1.53. The second kappa shape index (κ2) is 6.52. The number of alkyl halides is 3. The van der Waals surface area contributed by atoms with Crippen molar-refractivity contribution in [1.82, 2.24) is 5.32 Å². The van der Waals surface area contributed by atoms with E-state index in [9.17, 15) is 18.0 Å². The number of nitrogens with one attached hydrogen (secondary N) is 1. The van der Waals surface area contributed by atoms with Gasteiger partial charge in [-0.1, -0.05) is 12.1 Å². The molecule has 1 aromatic carbocycles. The number of furan rings is 1. The molecule has 0 atom stereocenters. The number of hydrogen-bond acceptors (Lipinski definition) is 3. The minimum atomic E-state index is -4.58. The van der Waals surface area contributed by atoms with Crippen LogP contribution in [0.4, 0.5) is 13.2 Å². The Morgan fingerprint density at radius 2 is 1.92 bits per heavy atom. The number of hydrogen-bond donors (Lipinski definition) is 1. The Balaban J connectivity index is 1.71. The van der Waals surface area contributed by atoms with Crippen molar-refractivity contribution in [2.45, 2.75) is 12.7 Å². The van der Waals surface area contributed by atoms with Crippen LogP contribution in [0.1, 0.15) is 21.7 Å². The lowest BCUT2D eigenvalue weighted by Gasteiger charge is -2.12. The van der Waals surface area contributed by atoms with Crippen molar-refractivity contribution < 1.29 is 22.4 Å². The summed E-state index contributed by atoms with van der Waals surface area (Å²) in [5.41, 5.74) is -0.449. The highest BCUT2D eigenvalue weighted by atomic mass is 32.1. The van der Waals surface area contributed by atoms with Gasteiger partial charge in [0.25, 0.3) is 5.91 Å². The molecule has 3 nitrogen and oxygen atoms in total. The van der Waals surface area contributed by atoms with Crippen molar-refractivity contribution >= 4 is 17.2 Å². The lowest BCUT2D eigenvalue weighted by molar-refractivity contribution is -0.137. The lowest BCUT2D eigenvalue weighted by Crippen LogP contribution is -2.25. The van der Waals surface area contributed by atoms with Crippen LogP contribution in [0.25, 0.3) is 11.3 Å². The molecule has 0 fully saturated rings. The summed E-state index contributed by atoms with van der Waals surface area (Å²) in [6.45, 7) is 0.00909. The van der Waals surface area contributed by atoms with E-state index in [4.69, 9.17) is 4.42 Å². The van der Waals surface area contributed by atoms with Gasteiger partial charge in [-0.15, -0.1) is 0 Å². The van der Waals surface area contributed by atoms with Crippen LogP contribution in [0, 0.1) is 0 Å². The number of rotatable bonds is 4. The van der Waals surface area contributed by atoms with Crippen molar-refractivity contribution in [2.75, 3.05) is 0 Å². The predicted octanol–water partition coefficient (Wildman–Crippen LogP) is 4.96. The zero-order valence-electron chi connectivity index (χ0n) is 12.3. The second-order valence-corrected chi connectivity index (χ2v) is 5.78. The maximum Gasteiger partial charge on any atom is 0.417 e. The van der Waals surface area contributed by atoms with Crippen LogP contribution in [0.15, 0.2) is 57.6 Å². The largest absolute Gasteiger partial charge is 0.459 e. The van der Waals surface area contributed by atoms with E-state index < -0.39 is 23.2 Å². The Hall–Kier alpha value is -2.54. The van der Waals surface area contributed by atoms with Gasteiger partial charge in [-0.05, 0) is 35.7 Å². The molecule has 0 aliphatic carbocycles. The van der Waals surface area contributed by atoms with Crippen molar-refractivity contribution in [3.63, 3.8) is 0 Å². The third-order valence-electron chi connectivity index (χ3n) is 3.37. The molecule has 3 rings (SSSR count). The average molecular weight is 351 g/mol. The molecule has 24 heavy (non-hydrogen) atoms. The van der Waals surface area contributed by atoms with E-state index in [0.717, 1.165) is 17.7 Å². The number of thiophene rings is 1. The maximum absolute atomic E-state index is 12.9. The average Bonchev–Trinajstić information content (AvgIpc) is 3.23. The molecule has 124 valence electrons. The standard InChI is InChI=1S/C17H12F3NO2S/c18-17(19,20)14-4-2-1-3-13(14)16(22)21-9-12-5-6-15(23-12)11-7-8-24-10-11/h1-8,10H,9H2,(H,21,22).